The van der Waals surface area contributed by atoms with Crippen LogP contribution in [0.4, 0.5) is 0 Å². The minimum absolute atomic E-state index is 0.652. The second kappa shape index (κ2) is 7.00. The number of H-pyrrole nitrogens is 1. The van der Waals surface area contributed by atoms with Gasteiger partial charge in [0.05, 0.1) is 5.39 Å². The molecule has 5 aromatic rings. The summed E-state index contributed by atoms with van der Waals surface area (Å²) in [4.78, 5) is 3.55. The predicted octanol–water partition coefficient (Wildman–Crippen LogP) is 7.13. The van der Waals surface area contributed by atoms with Crippen molar-refractivity contribution in [3.05, 3.63) is 90.1 Å². The zero-order valence-electron chi connectivity index (χ0n) is 17.3. The Labute approximate surface area is 172 Å². The summed E-state index contributed by atoms with van der Waals surface area (Å²) < 4.78 is 0. The molecule has 0 aliphatic heterocycles. The van der Waals surface area contributed by atoms with Crippen molar-refractivity contribution < 1.29 is 4.98 Å². The smallest absolute Gasteiger partial charge is 0.211 e. The second-order valence-corrected chi connectivity index (χ2v) is 8.51. The lowest BCUT2D eigenvalue weighted by Crippen LogP contribution is -2.08. The van der Waals surface area contributed by atoms with E-state index in [1.165, 1.54) is 54.7 Å². The van der Waals surface area contributed by atoms with Gasteiger partial charge in [0.2, 0.25) is 5.69 Å². The maximum Gasteiger partial charge on any atom is 0.218 e. The predicted molar refractivity (Wildman–Crippen MR) is 124 cm³/mol. The van der Waals surface area contributed by atoms with Crippen LogP contribution in [0.2, 0.25) is 0 Å². The molecule has 1 N–H and O–H groups in total. The Morgan fingerprint density at radius 2 is 1.45 bits per heavy atom. The van der Waals surface area contributed by atoms with E-state index in [1.807, 2.05) is 0 Å². The van der Waals surface area contributed by atoms with Gasteiger partial charge in [-0.1, -0.05) is 68.4 Å². The van der Waals surface area contributed by atoms with Crippen molar-refractivity contribution in [1.82, 2.24) is 0 Å². The highest BCUT2D eigenvalue weighted by Crippen LogP contribution is 2.35. The average molecular weight is 377 g/mol. The molecule has 0 radical (unpaired) electrons. The Kier molecular flexibility index (Phi) is 4.32. The van der Waals surface area contributed by atoms with Crippen LogP contribution >= 0.6 is 0 Å². The average Bonchev–Trinajstić information content (AvgIpc) is 2.74. The molecule has 1 nitrogen and oxygen atoms in total. The van der Waals surface area contributed by atoms with Crippen molar-refractivity contribution in [3.63, 3.8) is 0 Å². The second-order valence-electron chi connectivity index (χ2n) is 8.51. The van der Waals surface area contributed by atoms with E-state index in [-0.39, 0.29) is 0 Å². The van der Waals surface area contributed by atoms with Crippen molar-refractivity contribution in [2.24, 2.45) is 5.92 Å². The number of fused-ring (bicyclic) bond motifs is 5. The molecule has 0 aliphatic rings. The number of aromatic nitrogens is 1. The molecule has 5 rings (SSSR count). The van der Waals surface area contributed by atoms with Gasteiger partial charge in [0.15, 0.2) is 6.20 Å². The quantitative estimate of drug-likeness (QED) is 0.297. The number of benzene rings is 4. The molecule has 1 heteroatoms. The number of pyridine rings is 1. The van der Waals surface area contributed by atoms with Crippen LogP contribution < -0.4 is 4.98 Å². The van der Waals surface area contributed by atoms with Gasteiger partial charge in [0.1, 0.15) is 0 Å². The third kappa shape index (κ3) is 3.07. The summed E-state index contributed by atoms with van der Waals surface area (Å²) in [5, 5.41) is 7.82. The molecular formula is C28H26N+. The minimum Gasteiger partial charge on any atom is -0.211 e. The molecular weight excluding hydrogens is 350 g/mol. The first-order chi connectivity index (χ1) is 14.1. The first kappa shape index (κ1) is 17.9. The van der Waals surface area contributed by atoms with E-state index in [9.17, 15) is 0 Å². The van der Waals surface area contributed by atoms with Crippen LogP contribution in [0.5, 0.6) is 0 Å². The molecule has 1 heterocycles. The number of aromatic amines is 1. The van der Waals surface area contributed by atoms with Gasteiger partial charge in [-0.25, -0.2) is 4.98 Å². The van der Waals surface area contributed by atoms with Crippen molar-refractivity contribution >= 4 is 32.3 Å². The third-order valence-corrected chi connectivity index (χ3v) is 5.93. The fourth-order valence-electron chi connectivity index (χ4n) is 4.55. The SMILES string of the molecule is Cc1ccc(CC(C)C)cc1-c1[nH+]ccc2c1ccc1c3ccccc3ccc21. The molecule has 0 amide bonds. The number of hydrogen-bond acceptors (Lipinski definition) is 0. The minimum atomic E-state index is 0.652. The van der Waals surface area contributed by atoms with Gasteiger partial charge in [-0.05, 0) is 64.1 Å². The van der Waals surface area contributed by atoms with E-state index < -0.39 is 0 Å². The first-order valence-corrected chi connectivity index (χ1v) is 10.5. The van der Waals surface area contributed by atoms with Gasteiger partial charge in [-0.2, -0.15) is 0 Å². The van der Waals surface area contributed by atoms with Crippen molar-refractivity contribution in [2.75, 3.05) is 0 Å². The van der Waals surface area contributed by atoms with Gasteiger partial charge in [-0.3, -0.25) is 0 Å². The lowest BCUT2D eigenvalue weighted by molar-refractivity contribution is -0.362. The summed E-state index contributed by atoms with van der Waals surface area (Å²) in [5.74, 6) is 0.652. The lowest BCUT2D eigenvalue weighted by atomic mass is 9.92. The summed E-state index contributed by atoms with van der Waals surface area (Å²) in [5.41, 5.74) is 5.22. The largest absolute Gasteiger partial charge is 0.218 e. The molecule has 0 atom stereocenters. The molecule has 0 fully saturated rings. The Hall–Kier alpha value is -3.19. The summed E-state index contributed by atoms with van der Waals surface area (Å²) in [7, 11) is 0. The van der Waals surface area contributed by atoms with Crippen LogP contribution in [-0.4, -0.2) is 0 Å². The van der Waals surface area contributed by atoms with E-state index >= 15 is 0 Å². The van der Waals surface area contributed by atoms with Gasteiger partial charge in [0, 0.05) is 17.0 Å². The maximum absolute atomic E-state index is 3.55. The van der Waals surface area contributed by atoms with Crippen LogP contribution in [-0.2, 0) is 6.42 Å². The van der Waals surface area contributed by atoms with E-state index in [4.69, 9.17) is 0 Å². The Balaban J connectivity index is 1.78. The number of hydrogen-bond donors (Lipinski definition) is 0. The van der Waals surface area contributed by atoms with E-state index in [0.717, 1.165) is 6.42 Å². The van der Waals surface area contributed by atoms with Crippen LogP contribution in [0.25, 0.3) is 43.6 Å². The fourth-order valence-corrected chi connectivity index (χ4v) is 4.55. The summed E-state index contributed by atoms with van der Waals surface area (Å²) >= 11 is 0. The Morgan fingerprint density at radius 1 is 0.724 bits per heavy atom. The Bertz CT molecular complexity index is 1360. The van der Waals surface area contributed by atoms with E-state index in [1.54, 1.807) is 0 Å². The number of nitrogens with one attached hydrogen (secondary N) is 1. The molecule has 0 aliphatic carbocycles. The molecule has 29 heavy (non-hydrogen) atoms. The zero-order valence-corrected chi connectivity index (χ0v) is 17.3. The molecule has 0 saturated heterocycles. The highest BCUT2D eigenvalue weighted by atomic mass is 14.7. The van der Waals surface area contributed by atoms with E-state index in [2.05, 4.69) is 105 Å². The molecule has 0 spiro atoms. The van der Waals surface area contributed by atoms with Crippen molar-refractivity contribution in [2.45, 2.75) is 27.2 Å². The molecule has 0 saturated carbocycles. The van der Waals surface area contributed by atoms with Crippen LogP contribution in [0.1, 0.15) is 25.0 Å². The lowest BCUT2D eigenvalue weighted by Gasteiger charge is -2.11. The van der Waals surface area contributed by atoms with Crippen LogP contribution in [0, 0.1) is 12.8 Å². The third-order valence-electron chi connectivity index (χ3n) is 5.93. The summed E-state index contributed by atoms with van der Waals surface area (Å²) in [6.07, 6.45) is 3.19. The molecule has 142 valence electrons. The first-order valence-electron chi connectivity index (χ1n) is 10.5. The maximum atomic E-state index is 3.55. The molecule has 4 aromatic carbocycles. The standard InChI is InChI=1S/C28H25N/c1-18(2)16-20-9-8-19(3)27(17-20)28-26-13-12-23-22-7-5-4-6-21(22)10-11-24(23)25(26)14-15-29-28/h4-15,17-18H,16H2,1-3H3/p+1. The van der Waals surface area contributed by atoms with E-state index in [0.29, 0.717) is 5.92 Å². The number of rotatable bonds is 3. The van der Waals surface area contributed by atoms with Crippen LogP contribution in [0.3, 0.4) is 0 Å². The highest BCUT2D eigenvalue weighted by molar-refractivity contribution is 6.18. The van der Waals surface area contributed by atoms with Gasteiger partial charge in [-0.15, -0.1) is 0 Å². The molecule has 0 unspecified atom stereocenters. The number of aryl methyl sites for hydroxylation is 1. The Morgan fingerprint density at radius 3 is 2.31 bits per heavy atom. The monoisotopic (exact) mass is 376 g/mol. The van der Waals surface area contributed by atoms with Crippen LogP contribution in [0.15, 0.2) is 79.0 Å². The van der Waals surface area contributed by atoms with Gasteiger partial charge >= 0.3 is 0 Å². The summed E-state index contributed by atoms with van der Waals surface area (Å²) in [6.45, 7) is 6.76. The zero-order chi connectivity index (χ0) is 20.0. The van der Waals surface area contributed by atoms with Gasteiger partial charge < -0.3 is 0 Å². The normalized spacial score (nSPS) is 11.7. The van der Waals surface area contributed by atoms with Crippen molar-refractivity contribution in [3.8, 4) is 11.3 Å². The van der Waals surface area contributed by atoms with Gasteiger partial charge in [0.25, 0.3) is 0 Å². The topological polar surface area (TPSA) is 14.1 Å². The summed E-state index contributed by atoms with van der Waals surface area (Å²) in [6, 6.07) is 26.8. The fraction of sp³-hybridized carbons (Fsp3) is 0.179. The highest BCUT2D eigenvalue weighted by Gasteiger charge is 2.16. The molecule has 0 bridgehead atoms. The van der Waals surface area contributed by atoms with Crippen molar-refractivity contribution in [1.29, 1.82) is 0 Å². The molecule has 1 aromatic heterocycles.